The minimum Gasteiger partial charge on any atom is -0.444 e. The van der Waals surface area contributed by atoms with Crippen LogP contribution in [0.1, 0.15) is 106 Å². The smallest absolute Gasteiger partial charge is 0.410 e. The van der Waals surface area contributed by atoms with E-state index in [1.165, 1.54) is 0 Å². The fourth-order valence-corrected chi connectivity index (χ4v) is 7.48. The summed E-state index contributed by atoms with van der Waals surface area (Å²) in [6.07, 6.45) is 8.18. The summed E-state index contributed by atoms with van der Waals surface area (Å²) in [6.45, 7) is 12.4. The highest BCUT2D eigenvalue weighted by atomic mass is 16.6. The average molecular weight is 599 g/mol. The highest BCUT2D eigenvalue weighted by Gasteiger charge is 2.44. The van der Waals surface area contributed by atoms with Crippen molar-refractivity contribution >= 4 is 12.2 Å². The molecule has 10 nitrogen and oxygen atoms in total. The number of ether oxygens (including phenoxy) is 2. The highest BCUT2D eigenvalue weighted by molar-refractivity contribution is 5.69. The molecule has 0 aromatic rings. The van der Waals surface area contributed by atoms with E-state index in [2.05, 4.69) is 0 Å². The van der Waals surface area contributed by atoms with Crippen molar-refractivity contribution in [3.05, 3.63) is 0 Å². The molecule has 0 unspecified atom stereocenters. The van der Waals surface area contributed by atoms with Crippen LogP contribution in [0.15, 0.2) is 0 Å². The van der Waals surface area contributed by atoms with Gasteiger partial charge in [0, 0.05) is 13.1 Å². The number of likely N-dealkylation sites (tertiary alicyclic amines) is 2. The summed E-state index contributed by atoms with van der Waals surface area (Å²) in [6, 6.07) is -0.278. The Labute approximate surface area is 252 Å². The highest BCUT2D eigenvalue weighted by Crippen LogP contribution is 2.40. The lowest BCUT2D eigenvalue weighted by Crippen LogP contribution is -2.44. The van der Waals surface area contributed by atoms with Crippen molar-refractivity contribution in [2.75, 3.05) is 26.3 Å². The molecule has 0 radical (unpaired) electrons. The maximum absolute atomic E-state index is 12.3. The SMILES string of the molecule is CC(C)(C)OC(=O)N1CC[C@@H](C2CCC(O)CC2)[C@H]1CO.CC(C)(C)OC(=O)N1CC[C@@H](C2CCC(O)CC2)[C@H]1CO. The number of aliphatic hydroxyl groups is 4. The lowest BCUT2D eigenvalue weighted by molar-refractivity contribution is 0.00863. The van der Waals surface area contributed by atoms with Gasteiger partial charge in [-0.15, -0.1) is 0 Å². The third-order valence-corrected chi connectivity index (χ3v) is 9.52. The van der Waals surface area contributed by atoms with Gasteiger partial charge in [0.25, 0.3) is 0 Å². The summed E-state index contributed by atoms with van der Waals surface area (Å²) >= 11 is 0. The van der Waals surface area contributed by atoms with Gasteiger partial charge in [-0.25, -0.2) is 9.59 Å². The number of hydrogen-bond donors (Lipinski definition) is 4. The molecule has 4 N–H and O–H groups in total. The van der Waals surface area contributed by atoms with Crippen LogP contribution in [0.3, 0.4) is 0 Å². The Morgan fingerprint density at radius 3 is 1.17 bits per heavy atom. The van der Waals surface area contributed by atoms with E-state index in [4.69, 9.17) is 9.47 Å². The van der Waals surface area contributed by atoms with Crippen molar-refractivity contribution in [1.29, 1.82) is 0 Å². The van der Waals surface area contributed by atoms with Crippen molar-refractivity contribution < 1.29 is 39.5 Å². The van der Waals surface area contributed by atoms with Gasteiger partial charge in [-0.1, -0.05) is 0 Å². The molecule has 0 aromatic heterocycles. The maximum Gasteiger partial charge on any atom is 0.410 e. The second kappa shape index (κ2) is 14.9. The average Bonchev–Trinajstić information content (AvgIpc) is 3.52. The summed E-state index contributed by atoms with van der Waals surface area (Å²) < 4.78 is 10.9. The molecule has 244 valence electrons. The Kier molecular flexibility index (Phi) is 12.4. The molecule has 0 bridgehead atoms. The molecule has 0 aromatic carbocycles. The van der Waals surface area contributed by atoms with Crippen LogP contribution in [0.2, 0.25) is 0 Å². The molecule has 0 spiro atoms. The van der Waals surface area contributed by atoms with Gasteiger partial charge in [0.1, 0.15) is 11.2 Å². The van der Waals surface area contributed by atoms with Gasteiger partial charge < -0.3 is 39.7 Å². The van der Waals surface area contributed by atoms with Crippen molar-refractivity contribution in [1.82, 2.24) is 9.80 Å². The predicted molar refractivity (Wildman–Crippen MR) is 160 cm³/mol. The van der Waals surface area contributed by atoms with Crippen LogP contribution >= 0.6 is 0 Å². The quantitative estimate of drug-likeness (QED) is 0.375. The number of rotatable bonds is 4. The molecule has 2 amide bonds. The van der Waals surface area contributed by atoms with E-state index in [1.54, 1.807) is 9.80 Å². The maximum atomic E-state index is 12.3. The Bertz CT molecular complexity index is 786. The molecule has 4 aliphatic rings. The molecular formula is C32H58N2O8. The minimum atomic E-state index is -0.510. The van der Waals surface area contributed by atoms with Crippen LogP contribution in [-0.4, -0.2) is 104 Å². The zero-order valence-electron chi connectivity index (χ0n) is 26.8. The normalized spacial score (nSPS) is 34.0. The molecule has 4 fully saturated rings. The molecule has 2 aliphatic carbocycles. The van der Waals surface area contributed by atoms with Crippen LogP contribution in [-0.2, 0) is 9.47 Å². The summed E-state index contributed by atoms with van der Waals surface area (Å²) in [5, 5.41) is 38.7. The van der Waals surface area contributed by atoms with E-state index in [9.17, 15) is 30.0 Å². The number of amides is 2. The lowest BCUT2D eigenvalue weighted by atomic mass is 9.76. The molecule has 10 heteroatoms. The van der Waals surface area contributed by atoms with Gasteiger partial charge >= 0.3 is 12.2 Å². The van der Waals surface area contributed by atoms with Crippen molar-refractivity contribution in [2.24, 2.45) is 23.7 Å². The summed E-state index contributed by atoms with van der Waals surface area (Å²) in [5.74, 6) is 1.65. The summed E-state index contributed by atoms with van der Waals surface area (Å²) in [7, 11) is 0. The number of carbonyl (C=O) groups is 2. The largest absolute Gasteiger partial charge is 0.444 e. The van der Waals surface area contributed by atoms with Gasteiger partial charge in [0.05, 0.1) is 37.5 Å². The Morgan fingerprint density at radius 2 is 0.905 bits per heavy atom. The third-order valence-electron chi connectivity index (χ3n) is 9.52. The number of carbonyl (C=O) groups excluding carboxylic acids is 2. The zero-order chi connectivity index (χ0) is 31.2. The standard InChI is InChI=1S/2C16H29NO4/c2*1-16(2,3)21-15(20)17-9-8-13(14(17)10-18)11-4-6-12(19)7-5-11/h2*11-14,18-19H,4-10H2,1-3H3/t2*11?,12?,13-,14+/m00/s1. The van der Waals surface area contributed by atoms with Crippen LogP contribution in [0, 0.1) is 23.7 Å². The third kappa shape index (κ3) is 9.69. The van der Waals surface area contributed by atoms with Crippen LogP contribution in [0.4, 0.5) is 9.59 Å². The van der Waals surface area contributed by atoms with Gasteiger partial charge in [-0.3, -0.25) is 0 Å². The summed E-state index contributed by atoms with van der Waals surface area (Å²) in [4.78, 5) is 27.9. The Morgan fingerprint density at radius 1 is 0.595 bits per heavy atom. The molecule has 2 aliphatic heterocycles. The van der Waals surface area contributed by atoms with E-state index in [1.807, 2.05) is 41.5 Å². The number of hydrogen-bond acceptors (Lipinski definition) is 8. The monoisotopic (exact) mass is 598 g/mol. The second-order valence-electron chi connectivity index (χ2n) is 14.9. The van der Waals surface area contributed by atoms with Gasteiger partial charge in [-0.2, -0.15) is 0 Å². The van der Waals surface area contributed by atoms with E-state index >= 15 is 0 Å². The molecule has 2 heterocycles. The second-order valence-corrected chi connectivity index (χ2v) is 14.9. The topological polar surface area (TPSA) is 140 Å². The van der Waals surface area contributed by atoms with Crippen molar-refractivity contribution in [3.8, 4) is 0 Å². The molecule has 4 atom stereocenters. The first kappa shape index (κ1) is 34.9. The zero-order valence-corrected chi connectivity index (χ0v) is 26.8. The first-order valence-electron chi connectivity index (χ1n) is 16.2. The first-order chi connectivity index (χ1) is 19.6. The molecular weight excluding hydrogens is 540 g/mol. The predicted octanol–water partition coefficient (Wildman–Crippen LogP) is 4.31. The van der Waals surface area contributed by atoms with E-state index in [-0.39, 0.29) is 49.7 Å². The minimum absolute atomic E-state index is 0.0109. The van der Waals surface area contributed by atoms with Gasteiger partial charge in [-0.05, 0) is 129 Å². The van der Waals surface area contributed by atoms with Gasteiger partial charge in [0.15, 0.2) is 0 Å². The molecule has 4 rings (SSSR count). The summed E-state index contributed by atoms with van der Waals surface area (Å²) in [5.41, 5.74) is -1.02. The van der Waals surface area contributed by atoms with Crippen molar-refractivity contribution in [3.63, 3.8) is 0 Å². The molecule has 2 saturated heterocycles. The van der Waals surface area contributed by atoms with Gasteiger partial charge in [0.2, 0.25) is 0 Å². The first-order valence-corrected chi connectivity index (χ1v) is 16.2. The van der Waals surface area contributed by atoms with Crippen LogP contribution in [0.25, 0.3) is 0 Å². The Hall–Kier alpha value is -1.62. The van der Waals surface area contributed by atoms with E-state index < -0.39 is 11.2 Å². The van der Waals surface area contributed by atoms with Crippen LogP contribution in [0.5, 0.6) is 0 Å². The fourth-order valence-electron chi connectivity index (χ4n) is 7.48. The molecule has 42 heavy (non-hydrogen) atoms. The molecule has 2 saturated carbocycles. The van der Waals surface area contributed by atoms with Crippen LogP contribution < -0.4 is 0 Å². The Balaban J connectivity index is 0.000000230. The lowest BCUT2D eigenvalue weighted by Gasteiger charge is -2.35. The number of nitrogens with zero attached hydrogens (tertiary/aromatic N) is 2. The number of aliphatic hydroxyl groups excluding tert-OH is 4. The fraction of sp³-hybridized carbons (Fsp3) is 0.938. The van der Waals surface area contributed by atoms with Crippen molar-refractivity contribution in [2.45, 2.75) is 141 Å². The van der Waals surface area contributed by atoms with E-state index in [0.29, 0.717) is 36.8 Å². The van der Waals surface area contributed by atoms with E-state index in [0.717, 1.165) is 64.2 Å².